The van der Waals surface area contributed by atoms with Crippen molar-refractivity contribution < 1.29 is 14.3 Å². The van der Waals surface area contributed by atoms with Gasteiger partial charge in [0.1, 0.15) is 5.75 Å². The Hall–Kier alpha value is -2.86. The lowest BCUT2D eigenvalue weighted by Gasteiger charge is -2.28. The normalized spacial score (nSPS) is 14.7. The summed E-state index contributed by atoms with van der Waals surface area (Å²) in [6.45, 7) is 7.74. The molecule has 0 aliphatic carbocycles. The summed E-state index contributed by atoms with van der Waals surface area (Å²) in [4.78, 5) is 14.5. The molecule has 0 atom stereocenters. The Morgan fingerprint density at radius 3 is 2.33 bits per heavy atom. The standard InChI is InChI=1S/C21H25N3O3/c1-3-27-20-10-6-18(7-11-20)21(25)23-22-16(2)17-4-8-19(9-5-17)24-12-14-26-15-13-24/h4-11H,3,12-15H2,1-2H3,(H,23,25). The number of ether oxygens (including phenoxy) is 2. The van der Waals surface area contributed by atoms with Crippen LogP contribution in [0.3, 0.4) is 0 Å². The number of hydrogen-bond acceptors (Lipinski definition) is 5. The van der Waals surface area contributed by atoms with Crippen LogP contribution >= 0.6 is 0 Å². The van der Waals surface area contributed by atoms with Gasteiger partial charge in [-0.3, -0.25) is 4.79 Å². The maximum Gasteiger partial charge on any atom is 0.271 e. The van der Waals surface area contributed by atoms with Gasteiger partial charge in [-0.05, 0) is 55.8 Å². The Bertz CT molecular complexity index is 779. The summed E-state index contributed by atoms with van der Waals surface area (Å²) in [6, 6.07) is 15.2. The van der Waals surface area contributed by atoms with Crippen LogP contribution in [0.1, 0.15) is 29.8 Å². The van der Waals surface area contributed by atoms with E-state index in [1.165, 1.54) is 5.69 Å². The van der Waals surface area contributed by atoms with Crippen LogP contribution in [-0.4, -0.2) is 44.5 Å². The predicted octanol–water partition coefficient (Wildman–Crippen LogP) is 3.08. The van der Waals surface area contributed by atoms with Crippen LogP contribution in [0.25, 0.3) is 0 Å². The molecule has 1 N–H and O–H groups in total. The minimum atomic E-state index is -0.248. The van der Waals surface area contributed by atoms with Gasteiger partial charge in [-0.2, -0.15) is 5.10 Å². The van der Waals surface area contributed by atoms with Gasteiger partial charge in [0, 0.05) is 24.3 Å². The van der Waals surface area contributed by atoms with Gasteiger partial charge in [0.25, 0.3) is 5.91 Å². The minimum Gasteiger partial charge on any atom is -0.494 e. The number of rotatable bonds is 6. The zero-order valence-corrected chi connectivity index (χ0v) is 15.8. The third-order valence-corrected chi connectivity index (χ3v) is 4.41. The second-order valence-corrected chi connectivity index (χ2v) is 6.24. The van der Waals surface area contributed by atoms with Gasteiger partial charge in [0.15, 0.2) is 0 Å². The summed E-state index contributed by atoms with van der Waals surface area (Å²) in [7, 11) is 0. The number of hydrogen-bond donors (Lipinski definition) is 1. The zero-order valence-electron chi connectivity index (χ0n) is 15.8. The van der Waals surface area contributed by atoms with E-state index in [1.807, 2.05) is 26.0 Å². The van der Waals surface area contributed by atoms with Crippen LogP contribution < -0.4 is 15.1 Å². The number of nitrogens with one attached hydrogen (secondary N) is 1. The Morgan fingerprint density at radius 1 is 1.07 bits per heavy atom. The van der Waals surface area contributed by atoms with Gasteiger partial charge in [-0.25, -0.2) is 5.43 Å². The molecule has 2 aromatic carbocycles. The van der Waals surface area contributed by atoms with Crippen LogP contribution in [-0.2, 0) is 4.74 Å². The van der Waals surface area contributed by atoms with E-state index in [-0.39, 0.29) is 5.91 Å². The molecular weight excluding hydrogens is 342 g/mol. The molecule has 0 unspecified atom stereocenters. The second kappa shape index (κ2) is 9.19. The minimum absolute atomic E-state index is 0.248. The highest BCUT2D eigenvalue weighted by Gasteiger charge is 2.11. The largest absolute Gasteiger partial charge is 0.494 e. The van der Waals surface area contributed by atoms with Gasteiger partial charge in [0.2, 0.25) is 0 Å². The van der Waals surface area contributed by atoms with Crippen molar-refractivity contribution in [3.63, 3.8) is 0 Å². The van der Waals surface area contributed by atoms with Gasteiger partial charge in [-0.1, -0.05) is 12.1 Å². The van der Waals surface area contributed by atoms with Crippen molar-refractivity contribution in [2.75, 3.05) is 37.8 Å². The first-order valence-corrected chi connectivity index (χ1v) is 9.18. The molecule has 2 aromatic rings. The summed E-state index contributed by atoms with van der Waals surface area (Å²) in [5.41, 5.74) is 6.05. The van der Waals surface area contributed by atoms with Crippen molar-refractivity contribution in [2.24, 2.45) is 5.10 Å². The number of amides is 1. The monoisotopic (exact) mass is 367 g/mol. The highest BCUT2D eigenvalue weighted by atomic mass is 16.5. The van der Waals surface area contributed by atoms with Gasteiger partial charge in [-0.15, -0.1) is 0 Å². The van der Waals surface area contributed by atoms with E-state index < -0.39 is 0 Å². The molecule has 0 radical (unpaired) electrons. The summed E-state index contributed by atoms with van der Waals surface area (Å²) >= 11 is 0. The quantitative estimate of drug-likeness (QED) is 0.630. The lowest BCUT2D eigenvalue weighted by molar-refractivity contribution is 0.0955. The molecule has 0 bridgehead atoms. The highest BCUT2D eigenvalue weighted by molar-refractivity contribution is 6.01. The SMILES string of the molecule is CCOc1ccc(C(=O)NN=C(C)c2ccc(N3CCOCC3)cc2)cc1. The van der Waals surface area contributed by atoms with Crippen molar-refractivity contribution >= 4 is 17.3 Å². The molecule has 1 saturated heterocycles. The molecule has 142 valence electrons. The molecule has 0 spiro atoms. The van der Waals surface area contributed by atoms with E-state index in [4.69, 9.17) is 9.47 Å². The number of benzene rings is 2. The van der Waals surface area contributed by atoms with Crippen molar-refractivity contribution in [1.29, 1.82) is 0 Å². The fourth-order valence-corrected chi connectivity index (χ4v) is 2.87. The molecule has 1 aliphatic rings. The van der Waals surface area contributed by atoms with Crippen LogP contribution in [0.2, 0.25) is 0 Å². The predicted molar refractivity (Wildman–Crippen MR) is 107 cm³/mol. The van der Waals surface area contributed by atoms with Crippen LogP contribution in [0, 0.1) is 0 Å². The molecule has 1 fully saturated rings. The Labute approximate surface area is 159 Å². The topological polar surface area (TPSA) is 63.2 Å². The first-order chi connectivity index (χ1) is 13.2. The van der Waals surface area contributed by atoms with E-state index in [1.54, 1.807) is 24.3 Å². The molecule has 3 rings (SSSR count). The molecule has 1 amide bonds. The molecular formula is C21H25N3O3. The average molecular weight is 367 g/mol. The average Bonchev–Trinajstić information content (AvgIpc) is 2.73. The fourth-order valence-electron chi connectivity index (χ4n) is 2.87. The number of nitrogens with zero attached hydrogens (tertiary/aromatic N) is 2. The fraction of sp³-hybridized carbons (Fsp3) is 0.333. The highest BCUT2D eigenvalue weighted by Crippen LogP contribution is 2.17. The number of morpholine rings is 1. The molecule has 27 heavy (non-hydrogen) atoms. The molecule has 6 nitrogen and oxygen atoms in total. The Morgan fingerprint density at radius 2 is 1.70 bits per heavy atom. The van der Waals surface area contributed by atoms with Crippen LogP contribution in [0.15, 0.2) is 53.6 Å². The van der Waals surface area contributed by atoms with E-state index >= 15 is 0 Å². The summed E-state index contributed by atoms with van der Waals surface area (Å²) in [5.74, 6) is 0.497. The summed E-state index contributed by atoms with van der Waals surface area (Å²) in [6.07, 6.45) is 0. The summed E-state index contributed by atoms with van der Waals surface area (Å²) in [5, 5.41) is 4.22. The maximum absolute atomic E-state index is 12.2. The lowest BCUT2D eigenvalue weighted by Crippen LogP contribution is -2.36. The smallest absolute Gasteiger partial charge is 0.271 e. The molecule has 1 aliphatic heterocycles. The van der Waals surface area contributed by atoms with Crippen molar-refractivity contribution in [3.8, 4) is 5.75 Å². The Kier molecular flexibility index (Phi) is 6.44. The van der Waals surface area contributed by atoms with E-state index in [2.05, 4.69) is 27.6 Å². The van der Waals surface area contributed by atoms with Crippen molar-refractivity contribution in [3.05, 3.63) is 59.7 Å². The maximum atomic E-state index is 12.2. The van der Waals surface area contributed by atoms with E-state index in [0.29, 0.717) is 12.2 Å². The van der Waals surface area contributed by atoms with Crippen LogP contribution in [0.5, 0.6) is 5.75 Å². The number of anilines is 1. The molecule has 0 saturated carbocycles. The molecule has 6 heteroatoms. The van der Waals surface area contributed by atoms with Crippen LogP contribution in [0.4, 0.5) is 5.69 Å². The molecule has 1 heterocycles. The summed E-state index contributed by atoms with van der Waals surface area (Å²) < 4.78 is 10.8. The van der Waals surface area contributed by atoms with Gasteiger partial charge >= 0.3 is 0 Å². The van der Waals surface area contributed by atoms with E-state index in [0.717, 1.165) is 43.3 Å². The van der Waals surface area contributed by atoms with E-state index in [9.17, 15) is 4.79 Å². The van der Waals surface area contributed by atoms with Gasteiger partial charge in [0.05, 0.1) is 25.5 Å². The second-order valence-electron chi connectivity index (χ2n) is 6.24. The first-order valence-electron chi connectivity index (χ1n) is 9.18. The van der Waals surface area contributed by atoms with Crippen molar-refractivity contribution in [1.82, 2.24) is 5.43 Å². The number of carbonyl (C=O) groups is 1. The Balaban J connectivity index is 1.60. The molecule has 0 aromatic heterocycles. The third-order valence-electron chi connectivity index (χ3n) is 4.41. The van der Waals surface area contributed by atoms with Gasteiger partial charge < -0.3 is 14.4 Å². The number of hydrazone groups is 1. The first kappa shape index (κ1) is 18.9. The lowest BCUT2D eigenvalue weighted by atomic mass is 10.1. The zero-order chi connectivity index (χ0) is 19.1. The third kappa shape index (κ3) is 5.08. The number of carbonyl (C=O) groups excluding carboxylic acids is 1. The van der Waals surface area contributed by atoms with Crippen molar-refractivity contribution in [2.45, 2.75) is 13.8 Å².